The molecule has 2 amide bonds. The number of amides is 2. The largest absolute Gasteiger partial charge is 0.496 e. The van der Waals surface area contributed by atoms with Gasteiger partial charge in [-0.2, -0.15) is 0 Å². The molecule has 2 aromatic carbocycles. The van der Waals surface area contributed by atoms with Gasteiger partial charge in [-0.3, -0.25) is 9.59 Å². The fourth-order valence-corrected chi connectivity index (χ4v) is 4.21. The van der Waals surface area contributed by atoms with Gasteiger partial charge in [0.1, 0.15) is 11.4 Å². The van der Waals surface area contributed by atoms with E-state index in [1.165, 1.54) is 4.90 Å². The Kier molecular flexibility index (Phi) is 5.33. The lowest BCUT2D eigenvalue weighted by atomic mass is 9.97. The lowest BCUT2D eigenvalue weighted by molar-refractivity contribution is -0.120. The first-order valence-electron chi connectivity index (χ1n) is 9.79. The third-order valence-electron chi connectivity index (χ3n) is 5.63. The second-order valence-electron chi connectivity index (χ2n) is 7.49. The van der Waals surface area contributed by atoms with Gasteiger partial charge in [0.15, 0.2) is 0 Å². The molecule has 0 aliphatic carbocycles. The summed E-state index contributed by atoms with van der Waals surface area (Å²) in [7, 11) is 1.56. The van der Waals surface area contributed by atoms with Crippen LogP contribution in [0.15, 0.2) is 54.2 Å². The van der Waals surface area contributed by atoms with Crippen LogP contribution in [0, 0.1) is 5.92 Å². The molecule has 6 heteroatoms. The Morgan fingerprint density at radius 3 is 2.31 bits per heavy atom. The van der Waals surface area contributed by atoms with Crippen LogP contribution in [0.4, 0.5) is 5.69 Å². The molecule has 2 aliphatic heterocycles. The highest BCUT2D eigenvalue weighted by Gasteiger charge is 2.44. The van der Waals surface area contributed by atoms with Crippen molar-refractivity contribution in [1.29, 1.82) is 0 Å². The number of rotatable bonds is 4. The van der Waals surface area contributed by atoms with E-state index in [0.29, 0.717) is 39.2 Å². The number of methoxy groups -OCH3 is 1. The average Bonchev–Trinajstić information content (AvgIpc) is 2.99. The number of carbonyl (C=O) groups is 2. The Bertz CT molecular complexity index is 993. The smallest absolute Gasteiger partial charge is 0.282 e. The molecule has 1 saturated heterocycles. The second-order valence-corrected chi connectivity index (χ2v) is 7.90. The summed E-state index contributed by atoms with van der Waals surface area (Å²) < 4.78 is 5.50. The molecule has 0 spiro atoms. The number of para-hydroxylation sites is 2. The molecule has 29 heavy (non-hydrogen) atoms. The van der Waals surface area contributed by atoms with Gasteiger partial charge >= 0.3 is 0 Å². The molecule has 5 nitrogen and oxygen atoms in total. The average molecular weight is 411 g/mol. The van der Waals surface area contributed by atoms with Crippen LogP contribution in [-0.2, 0) is 9.59 Å². The Morgan fingerprint density at radius 2 is 1.62 bits per heavy atom. The van der Waals surface area contributed by atoms with Crippen LogP contribution in [-0.4, -0.2) is 36.9 Å². The SMILES string of the molecule is COc1ccccc1C1=C(N2CCC(C)CC2)C(=O)N(c2ccccc2Cl)C1=O. The molecule has 2 aliphatic rings. The first kappa shape index (κ1) is 19.5. The highest BCUT2D eigenvalue weighted by atomic mass is 35.5. The van der Waals surface area contributed by atoms with E-state index in [9.17, 15) is 9.59 Å². The molecule has 0 atom stereocenters. The summed E-state index contributed by atoms with van der Waals surface area (Å²) in [6.45, 7) is 3.69. The van der Waals surface area contributed by atoms with Gasteiger partial charge in [0.05, 0.1) is 23.4 Å². The second kappa shape index (κ2) is 7.91. The minimum absolute atomic E-state index is 0.335. The molecule has 150 valence electrons. The first-order valence-corrected chi connectivity index (χ1v) is 10.2. The zero-order chi connectivity index (χ0) is 20.5. The number of carbonyl (C=O) groups excluding carboxylic acids is 2. The van der Waals surface area contributed by atoms with Gasteiger partial charge < -0.3 is 9.64 Å². The fourth-order valence-electron chi connectivity index (χ4n) is 3.99. The van der Waals surface area contributed by atoms with Gasteiger partial charge in [0.2, 0.25) is 0 Å². The quantitative estimate of drug-likeness (QED) is 0.702. The number of benzene rings is 2. The van der Waals surface area contributed by atoms with Crippen molar-refractivity contribution in [2.24, 2.45) is 5.92 Å². The number of hydrogen-bond donors (Lipinski definition) is 0. The van der Waals surface area contributed by atoms with Crippen LogP contribution in [0.3, 0.4) is 0 Å². The molecule has 4 rings (SSSR count). The van der Waals surface area contributed by atoms with Crippen molar-refractivity contribution in [3.8, 4) is 5.75 Å². The summed E-state index contributed by atoms with van der Waals surface area (Å²) >= 11 is 6.34. The first-order chi connectivity index (χ1) is 14.0. The van der Waals surface area contributed by atoms with E-state index in [4.69, 9.17) is 16.3 Å². The fraction of sp³-hybridized carbons (Fsp3) is 0.304. The van der Waals surface area contributed by atoms with Gasteiger partial charge in [-0.25, -0.2) is 4.90 Å². The Hall–Kier alpha value is -2.79. The highest BCUT2D eigenvalue weighted by Crippen LogP contribution is 2.40. The Morgan fingerprint density at radius 1 is 0.966 bits per heavy atom. The molecule has 2 heterocycles. The number of nitrogens with zero attached hydrogens (tertiary/aromatic N) is 2. The number of ether oxygens (including phenoxy) is 1. The highest BCUT2D eigenvalue weighted by molar-refractivity contribution is 6.47. The summed E-state index contributed by atoms with van der Waals surface area (Å²) in [5.41, 5.74) is 1.83. The molecule has 0 radical (unpaired) electrons. The third-order valence-corrected chi connectivity index (χ3v) is 5.95. The lowest BCUT2D eigenvalue weighted by Gasteiger charge is -2.32. The summed E-state index contributed by atoms with van der Waals surface area (Å²) in [5, 5.41) is 0.363. The molecule has 0 saturated carbocycles. The van der Waals surface area contributed by atoms with Crippen molar-refractivity contribution in [2.45, 2.75) is 19.8 Å². The van der Waals surface area contributed by atoms with Crippen molar-refractivity contribution < 1.29 is 14.3 Å². The van der Waals surface area contributed by atoms with Gasteiger partial charge in [-0.05, 0) is 37.0 Å². The monoisotopic (exact) mass is 410 g/mol. The molecule has 0 bridgehead atoms. The van der Waals surface area contributed by atoms with E-state index in [1.54, 1.807) is 37.4 Å². The van der Waals surface area contributed by atoms with Gasteiger partial charge in [-0.1, -0.05) is 48.9 Å². The van der Waals surface area contributed by atoms with E-state index in [1.807, 2.05) is 23.1 Å². The van der Waals surface area contributed by atoms with E-state index in [-0.39, 0.29) is 11.8 Å². The molecular formula is C23H23ClN2O3. The summed E-state index contributed by atoms with van der Waals surface area (Å²) in [5.74, 6) is 0.459. The van der Waals surface area contributed by atoms with E-state index in [0.717, 1.165) is 25.9 Å². The van der Waals surface area contributed by atoms with Crippen molar-refractivity contribution in [3.05, 3.63) is 64.8 Å². The predicted molar refractivity (Wildman–Crippen MR) is 114 cm³/mol. The summed E-state index contributed by atoms with van der Waals surface area (Å²) in [4.78, 5) is 30.3. The van der Waals surface area contributed by atoms with Gasteiger partial charge in [-0.15, -0.1) is 0 Å². The predicted octanol–water partition coefficient (Wildman–Crippen LogP) is 4.37. The number of anilines is 1. The van der Waals surface area contributed by atoms with Crippen molar-refractivity contribution in [1.82, 2.24) is 4.90 Å². The maximum atomic E-state index is 13.6. The van der Waals surface area contributed by atoms with Crippen LogP contribution in [0.5, 0.6) is 5.75 Å². The van der Waals surface area contributed by atoms with Crippen molar-refractivity contribution >= 4 is 34.7 Å². The molecule has 2 aromatic rings. The molecule has 0 unspecified atom stereocenters. The van der Waals surface area contributed by atoms with E-state index >= 15 is 0 Å². The van der Waals surface area contributed by atoms with Crippen LogP contribution < -0.4 is 9.64 Å². The number of hydrogen-bond acceptors (Lipinski definition) is 4. The van der Waals surface area contributed by atoms with Gasteiger partial charge in [0.25, 0.3) is 11.8 Å². The lowest BCUT2D eigenvalue weighted by Crippen LogP contribution is -2.38. The van der Waals surface area contributed by atoms with Crippen molar-refractivity contribution in [2.75, 3.05) is 25.1 Å². The maximum Gasteiger partial charge on any atom is 0.282 e. The maximum absolute atomic E-state index is 13.6. The normalized spacial score (nSPS) is 18.0. The Labute approximate surface area is 175 Å². The van der Waals surface area contributed by atoms with Crippen LogP contribution in [0.25, 0.3) is 5.57 Å². The molecule has 0 aromatic heterocycles. The molecule has 0 N–H and O–H groups in total. The number of imide groups is 1. The van der Waals surface area contributed by atoms with Gasteiger partial charge in [0, 0.05) is 18.7 Å². The van der Waals surface area contributed by atoms with Crippen LogP contribution in [0.1, 0.15) is 25.3 Å². The van der Waals surface area contributed by atoms with Crippen molar-refractivity contribution in [3.63, 3.8) is 0 Å². The number of piperidine rings is 1. The summed E-state index contributed by atoms with van der Waals surface area (Å²) in [6.07, 6.45) is 1.96. The zero-order valence-electron chi connectivity index (χ0n) is 16.5. The standard InChI is InChI=1S/C23H23ClN2O3/c1-15-11-13-25(14-12-15)21-20(16-7-3-6-10-19(16)29-2)22(27)26(23(21)28)18-9-5-4-8-17(18)24/h3-10,15H,11-14H2,1-2H3. The Balaban J connectivity index is 1.87. The third kappa shape index (κ3) is 3.40. The van der Waals surface area contributed by atoms with E-state index in [2.05, 4.69) is 6.92 Å². The van der Waals surface area contributed by atoms with Crippen LogP contribution >= 0.6 is 11.6 Å². The minimum Gasteiger partial charge on any atom is -0.496 e. The summed E-state index contributed by atoms with van der Waals surface area (Å²) in [6, 6.07) is 14.2. The molecular weight excluding hydrogens is 388 g/mol. The number of halogens is 1. The zero-order valence-corrected chi connectivity index (χ0v) is 17.3. The van der Waals surface area contributed by atoms with E-state index < -0.39 is 0 Å². The topological polar surface area (TPSA) is 49.9 Å². The van der Waals surface area contributed by atoms with Crippen LogP contribution in [0.2, 0.25) is 5.02 Å². The molecule has 1 fully saturated rings. The number of likely N-dealkylation sites (tertiary alicyclic amines) is 1. The minimum atomic E-state index is -0.374.